The first kappa shape index (κ1) is 15.8. The van der Waals surface area contributed by atoms with E-state index in [2.05, 4.69) is 0 Å². The molecule has 4 aliphatic rings. The maximum absolute atomic E-state index is 12.5. The van der Waals surface area contributed by atoms with Gasteiger partial charge in [-0.25, -0.2) is 0 Å². The Bertz CT molecular complexity index is 926. The number of hydrogen-bond acceptors (Lipinski definition) is 6. The zero-order chi connectivity index (χ0) is 18.3. The topological polar surface area (TPSA) is 115 Å². The third kappa shape index (κ3) is 1.78. The lowest BCUT2D eigenvalue weighted by Gasteiger charge is -2.51. The van der Waals surface area contributed by atoms with Gasteiger partial charge in [0.2, 0.25) is 0 Å². The summed E-state index contributed by atoms with van der Waals surface area (Å²) >= 11 is 0. The van der Waals surface area contributed by atoms with Gasteiger partial charge in [-0.1, -0.05) is 17.7 Å². The highest BCUT2D eigenvalue weighted by molar-refractivity contribution is 6.03. The molecule has 0 aliphatic heterocycles. The monoisotopic (exact) mass is 354 g/mol. The Morgan fingerprint density at radius 2 is 1.65 bits per heavy atom. The number of phenolic OH excluding ortho intramolecular Hbond substituents is 1. The highest BCUT2D eigenvalue weighted by Crippen LogP contribution is 2.59. The molecule has 6 heteroatoms. The summed E-state index contributed by atoms with van der Waals surface area (Å²) in [7, 11) is 0. The first-order valence-electron chi connectivity index (χ1n) is 8.78. The maximum Gasteiger partial charge on any atom is 0.169 e. The van der Waals surface area contributed by atoms with Crippen LogP contribution in [0.25, 0.3) is 0 Å². The van der Waals surface area contributed by atoms with Gasteiger partial charge in [0.15, 0.2) is 5.78 Å². The van der Waals surface area contributed by atoms with Crippen molar-refractivity contribution in [3.63, 3.8) is 0 Å². The summed E-state index contributed by atoms with van der Waals surface area (Å²) in [4.78, 5) is 25.0. The van der Waals surface area contributed by atoms with Crippen LogP contribution in [0.15, 0.2) is 35.6 Å². The minimum absolute atomic E-state index is 0.0236. The number of allylic oxidation sites excluding steroid dienone is 3. The number of aliphatic hydroxyl groups is 3. The normalized spacial score (nSPS) is 37.5. The lowest BCUT2D eigenvalue weighted by Crippen LogP contribution is -2.50. The molecule has 134 valence electrons. The van der Waals surface area contributed by atoms with Gasteiger partial charge in [0.1, 0.15) is 17.3 Å². The molecule has 6 atom stereocenters. The number of ketones is 2. The second-order valence-electron chi connectivity index (χ2n) is 7.66. The number of carbonyl (C=O) groups is 2. The number of rotatable bonds is 0. The van der Waals surface area contributed by atoms with E-state index in [1.165, 1.54) is 12.1 Å². The standard InChI is InChI=1S/C20H18O6/c21-9-3-1-7-15-11(23)5-14(26)20-10(22)4-2-8(18(15)20)16-12(24)6-13(25)19(9)17(7)16/h1-4,11-12,15-17,19,21-24H,5-6H2. The summed E-state index contributed by atoms with van der Waals surface area (Å²) < 4.78 is 0. The van der Waals surface area contributed by atoms with Crippen molar-refractivity contribution >= 4 is 11.6 Å². The molecule has 0 spiro atoms. The molecule has 6 unspecified atom stereocenters. The molecule has 26 heavy (non-hydrogen) atoms. The molecule has 6 nitrogen and oxygen atoms in total. The lowest BCUT2D eigenvalue weighted by atomic mass is 9.53. The Morgan fingerprint density at radius 3 is 2.42 bits per heavy atom. The third-order valence-electron chi connectivity index (χ3n) is 6.41. The van der Waals surface area contributed by atoms with Gasteiger partial charge in [-0.05, 0) is 23.3 Å². The number of aromatic hydroxyl groups is 1. The van der Waals surface area contributed by atoms with Crippen molar-refractivity contribution in [1.82, 2.24) is 0 Å². The molecular formula is C20H18O6. The van der Waals surface area contributed by atoms with Crippen molar-refractivity contribution in [1.29, 1.82) is 0 Å². The predicted octanol–water partition coefficient (Wildman–Crippen LogP) is 1.47. The number of Topliss-reactive ketones (excluding diaryl/α,β-unsaturated/α-hetero) is 2. The van der Waals surface area contributed by atoms with Crippen molar-refractivity contribution < 1.29 is 30.0 Å². The average molecular weight is 354 g/mol. The fraction of sp³-hybridized carbons (Fsp3) is 0.400. The molecule has 0 bridgehead atoms. The molecule has 0 saturated heterocycles. The van der Waals surface area contributed by atoms with Gasteiger partial charge in [0.05, 0.1) is 23.7 Å². The lowest BCUT2D eigenvalue weighted by molar-refractivity contribution is -0.131. The Morgan fingerprint density at radius 1 is 0.885 bits per heavy atom. The number of fused-ring (bicyclic) bond motifs is 2. The highest BCUT2D eigenvalue weighted by atomic mass is 16.3. The first-order valence-corrected chi connectivity index (χ1v) is 8.78. The second kappa shape index (κ2) is 5.05. The third-order valence-corrected chi connectivity index (χ3v) is 6.41. The Labute approximate surface area is 149 Å². The quantitative estimate of drug-likeness (QED) is 0.561. The molecular weight excluding hydrogens is 336 g/mol. The molecule has 1 aromatic rings. The molecule has 4 aliphatic carbocycles. The van der Waals surface area contributed by atoms with Crippen LogP contribution in [-0.2, 0) is 4.79 Å². The van der Waals surface area contributed by atoms with Gasteiger partial charge in [-0.15, -0.1) is 0 Å². The van der Waals surface area contributed by atoms with Gasteiger partial charge in [0.25, 0.3) is 0 Å². The summed E-state index contributed by atoms with van der Waals surface area (Å²) in [5, 5.41) is 41.9. The molecule has 4 N–H and O–H groups in total. The molecule has 0 amide bonds. The van der Waals surface area contributed by atoms with E-state index in [4.69, 9.17) is 0 Å². The molecule has 1 saturated carbocycles. The molecule has 0 radical (unpaired) electrons. The van der Waals surface area contributed by atoms with E-state index in [0.29, 0.717) is 11.1 Å². The van der Waals surface area contributed by atoms with E-state index >= 15 is 0 Å². The molecule has 1 fully saturated rings. The van der Waals surface area contributed by atoms with Gasteiger partial charge >= 0.3 is 0 Å². The minimum Gasteiger partial charge on any atom is -0.512 e. The van der Waals surface area contributed by atoms with Crippen molar-refractivity contribution in [2.75, 3.05) is 0 Å². The Balaban J connectivity index is 1.85. The highest BCUT2D eigenvalue weighted by Gasteiger charge is 2.56. The average Bonchev–Trinajstić information content (AvgIpc) is 2.57. The summed E-state index contributed by atoms with van der Waals surface area (Å²) in [6, 6.07) is 3.10. The summed E-state index contributed by atoms with van der Waals surface area (Å²) in [6.07, 6.45) is 1.07. The molecule has 0 aromatic heterocycles. The Hall–Kier alpha value is -2.44. The fourth-order valence-electron chi connectivity index (χ4n) is 5.50. The van der Waals surface area contributed by atoms with Crippen LogP contribution in [0.4, 0.5) is 0 Å². The smallest absolute Gasteiger partial charge is 0.169 e. The number of phenols is 1. The van der Waals surface area contributed by atoms with Gasteiger partial charge in [-0.3, -0.25) is 9.59 Å². The van der Waals surface area contributed by atoms with Crippen molar-refractivity contribution in [3.05, 3.63) is 52.3 Å². The zero-order valence-electron chi connectivity index (χ0n) is 13.8. The van der Waals surface area contributed by atoms with Crippen LogP contribution in [0.5, 0.6) is 5.75 Å². The van der Waals surface area contributed by atoms with E-state index in [1.807, 2.05) is 0 Å². The van der Waals surface area contributed by atoms with E-state index in [0.717, 1.165) is 5.57 Å². The SMILES string of the molecule is O=C1CC(O)C2C3=CC=C(O)C4C(=O)CC(O)C(c5ccc(O)c1c52)C34. The van der Waals surface area contributed by atoms with Crippen LogP contribution >= 0.6 is 0 Å². The summed E-state index contributed by atoms with van der Waals surface area (Å²) in [6.45, 7) is 0. The van der Waals surface area contributed by atoms with Crippen molar-refractivity contribution in [2.24, 2.45) is 11.8 Å². The van der Waals surface area contributed by atoms with Crippen molar-refractivity contribution in [2.45, 2.75) is 36.9 Å². The van der Waals surface area contributed by atoms with E-state index in [9.17, 15) is 30.0 Å². The molecule has 0 heterocycles. The van der Waals surface area contributed by atoms with Crippen LogP contribution in [0.1, 0.15) is 46.2 Å². The van der Waals surface area contributed by atoms with E-state index < -0.39 is 35.9 Å². The largest absolute Gasteiger partial charge is 0.512 e. The van der Waals surface area contributed by atoms with Crippen LogP contribution in [0.3, 0.4) is 0 Å². The number of aliphatic hydroxyl groups excluding tert-OH is 3. The molecule has 5 rings (SSSR count). The van der Waals surface area contributed by atoms with Crippen LogP contribution in [0, 0.1) is 11.8 Å². The minimum atomic E-state index is -0.966. The van der Waals surface area contributed by atoms with Crippen LogP contribution < -0.4 is 0 Å². The fourth-order valence-corrected chi connectivity index (χ4v) is 5.50. The van der Waals surface area contributed by atoms with Gasteiger partial charge in [0, 0.05) is 30.6 Å². The number of benzene rings is 1. The predicted molar refractivity (Wildman–Crippen MR) is 89.9 cm³/mol. The van der Waals surface area contributed by atoms with E-state index in [-0.39, 0.29) is 41.5 Å². The maximum atomic E-state index is 12.5. The van der Waals surface area contributed by atoms with E-state index in [1.54, 1.807) is 12.1 Å². The Kier molecular flexibility index (Phi) is 3.07. The second-order valence-corrected chi connectivity index (χ2v) is 7.66. The zero-order valence-corrected chi connectivity index (χ0v) is 13.8. The molecule has 1 aromatic carbocycles. The van der Waals surface area contributed by atoms with Gasteiger partial charge < -0.3 is 20.4 Å². The van der Waals surface area contributed by atoms with Crippen molar-refractivity contribution in [3.8, 4) is 5.75 Å². The van der Waals surface area contributed by atoms with Crippen LogP contribution in [0.2, 0.25) is 0 Å². The van der Waals surface area contributed by atoms with Crippen LogP contribution in [-0.4, -0.2) is 44.2 Å². The first-order chi connectivity index (χ1) is 12.4. The number of hydrogen-bond donors (Lipinski definition) is 4. The summed E-state index contributed by atoms with van der Waals surface area (Å²) in [5.41, 5.74) is 2.18. The van der Waals surface area contributed by atoms with Gasteiger partial charge in [-0.2, -0.15) is 0 Å². The summed E-state index contributed by atoms with van der Waals surface area (Å²) in [5.74, 6) is -2.88. The number of carbonyl (C=O) groups excluding carboxylic acids is 2.